The molecule has 0 amide bonds. The molecule has 3 nitrogen and oxygen atoms in total. The number of hydrogen-bond acceptors (Lipinski definition) is 3. The van der Waals surface area contributed by atoms with Crippen LogP contribution < -0.4 is 10.1 Å². The molecule has 0 spiro atoms. The monoisotopic (exact) mass is 248 g/mol. The Labute approximate surface area is 110 Å². The molecule has 0 radical (unpaired) electrons. The molecule has 0 aromatic heterocycles. The molecule has 1 fully saturated rings. The molecule has 1 aromatic carbocycles. The highest BCUT2D eigenvalue weighted by Crippen LogP contribution is 2.15. The van der Waals surface area contributed by atoms with E-state index in [2.05, 4.69) is 55.4 Å². The second-order valence-electron chi connectivity index (χ2n) is 5.43. The maximum atomic E-state index is 5.65. The molecule has 1 saturated heterocycles. The molecule has 1 heterocycles. The second kappa shape index (κ2) is 6.21. The predicted octanol–water partition coefficient (Wildman–Crippen LogP) is 1.92. The van der Waals surface area contributed by atoms with Crippen LogP contribution in [0.3, 0.4) is 0 Å². The summed E-state index contributed by atoms with van der Waals surface area (Å²) in [7, 11) is 2.19. The van der Waals surface area contributed by atoms with Crippen LogP contribution in [-0.2, 0) is 6.42 Å². The van der Waals surface area contributed by atoms with Crippen molar-refractivity contribution in [3.63, 3.8) is 0 Å². The maximum absolute atomic E-state index is 5.65. The van der Waals surface area contributed by atoms with Gasteiger partial charge in [0.15, 0.2) is 0 Å². The summed E-state index contributed by atoms with van der Waals surface area (Å²) in [5, 5.41) is 3.57. The lowest BCUT2D eigenvalue weighted by Gasteiger charge is -2.31. The third-order valence-corrected chi connectivity index (χ3v) is 3.24. The molecule has 0 aliphatic carbocycles. The van der Waals surface area contributed by atoms with E-state index in [1.807, 2.05) is 0 Å². The fourth-order valence-corrected chi connectivity index (χ4v) is 2.39. The van der Waals surface area contributed by atoms with Gasteiger partial charge in [0, 0.05) is 25.7 Å². The van der Waals surface area contributed by atoms with Gasteiger partial charge in [-0.3, -0.25) is 0 Å². The molecule has 2 rings (SSSR count). The van der Waals surface area contributed by atoms with E-state index in [0.29, 0.717) is 6.04 Å². The minimum absolute atomic E-state index is 0.240. The van der Waals surface area contributed by atoms with Gasteiger partial charge < -0.3 is 15.0 Å². The SMILES string of the molecule is CC(C)Oc1ccc(CC2CN(C)CCN2)cc1. The van der Waals surface area contributed by atoms with Gasteiger partial charge >= 0.3 is 0 Å². The van der Waals surface area contributed by atoms with Crippen molar-refractivity contribution >= 4 is 0 Å². The maximum Gasteiger partial charge on any atom is 0.119 e. The van der Waals surface area contributed by atoms with Crippen LogP contribution in [0.2, 0.25) is 0 Å². The number of hydrogen-bond donors (Lipinski definition) is 1. The van der Waals surface area contributed by atoms with Crippen LogP contribution in [0.25, 0.3) is 0 Å². The Hall–Kier alpha value is -1.06. The normalized spacial score (nSPS) is 21.2. The Bertz CT molecular complexity index is 361. The summed E-state index contributed by atoms with van der Waals surface area (Å²) >= 11 is 0. The van der Waals surface area contributed by atoms with Crippen LogP contribution in [-0.4, -0.2) is 43.7 Å². The van der Waals surface area contributed by atoms with Gasteiger partial charge in [0.05, 0.1) is 6.10 Å². The molecule has 1 aliphatic heterocycles. The number of ether oxygens (including phenoxy) is 1. The first-order valence-electron chi connectivity index (χ1n) is 6.81. The van der Waals surface area contributed by atoms with Crippen LogP contribution in [0.4, 0.5) is 0 Å². The average molecular weight is 248 g/mol. The molecule has 100 valence electrons. The number of nitrogens with one attached hydrogen (secondary N) is 1. The molecule has 1 unspecified atom stereocenters. The molecule has 0 saturated carbocycles. The summed E-state index contributed by atoms with van der Waals surface area (Å²) in [4.78, 5) is 2.39. The van der Waals surface area contributed by atoms with Crippen LogP contribution in [0, 0.1) is 0 Å². The molecule has 1 aliphatic rings. The number of nitrogens with zero attached hydrogens (tertiary/aromatic N) is 1. The van der Waals surface area contributed by atoms with E-state index in [9.17, 15) is 0 Å². The van der Waals surface area contributed by atoms with Crippen molar-refractivity contribution in [2.45, 2.75) is 32.4 Å². The first kappa shape index (κ1) is 13.4. The smallest absolute Gasteiger partial charge is 0.119 e. The van der Waals surface area contributed by atoms with Crippen molar-refractivity contribution < 1.29 is 4.74 Å². The molecule has 0 bridgehead atoms. The first-order chi connectivity index (χ1) is 8.63. The van der Waals surface area contributed by atoms with Crippen LogP contribution >= 0.6 is 0 Å². The molecular formula is C15H24N2O. The van der Waals surface area contributed by atoms with Gasteiger partial charge in [0.25, 0.3) is 0 Å². The van der Waals surface area contributed by atoms with E-state index in [0.717, 1.165) is 31.8 Å². The highest BCUT2D eigenvalue weighted by atomic mass is 16.5. The molecule has 3 heteroatoms. The number of benzene rings is 1. The summed E-state index contributed by atoms with van der Waals surface area (Å²) in [6.45, 7) is 7.48. The van der Waals surface area contributed by atoms with Crippen LogP contribution in [0.5, 0.6) is 5.75 Å². The fourth-order valence-electron chi connectivity index (χ4n) is 2.39. The van der Waals surface area contributed by atoms with Crippen molar-refractivity contribution in [3.05, 3.63) is 29.8 Å². The van der Waals surface area contributed by atoms with E-state index in [-0.39, 0.29) is 6.10 Å². The van der Waals surface area contributed by atoms with Gasteiger partial charge in [-0.25, -0.2) is 0 Å². The van der Waals surface area contributed by atoms with Crippen molar-refractivity contribution in [2.75, 3.05) is 26.7 Å². The summed E-state index contributed by atoms with van der Waals surface area (Å²) in [6.07, 6.45) is 1.33. The van der Waals surface area contributed by atoms with Gasteiger partial charge in [-0.15, -0.1) is 0 Å². The predicted molar refractivity (Wildman–Crippen MR) is 75.2 cm³/mol. The summed E-state index contributed by atoms with van der Waals surface area (Å²) in [5.41, 5.74) is 1.37. The summed E-state index contributed by atoms with van der Waals surface area (Å²) in [5.74, 6) is 0.961. The largest absolute Gasteiger partial charge is 0.491 e. The van der Waals surface area contributed by atoms with Gasteiger partial charge in [-0.05, 0) is 45.0 Å². The van der Waals surface area contributed by atoms with Gasteiger partial charge in [0.1, 0.15) is 5.75 Å². The minimum atomic E-state index is 0.240. The van der Waals surface area contributed by atoms with Gasteiger partial charge in [-0.1, -0.05) is 12.1 Å². The average Bonchev–Trinajstić information content (AvgIpc) is 2.31. The zero-order chi connectivity index (χ0) is 13.0. The van der Waals surface area contributed by atoms with E-state index in [4.69, 9.17) is 4.74 Å². The van der Waals surface area contributed by atoms with Crippen molar-refractivity contribution in [3.8, 4) is 5.75 Å². The number of rotatable bonds is 4. The molecular weight excluding hydrogens is 224 g/mol. The Morgan fingerprint density at radius 1 is 1.33 bits per heavy atom. The van der Waals surface area contributed by atoms with E-state index in [1.165, 1.54) is 5.56 Å². The molecule has 18 heavy (non-hydrogen) atoms. The molecule has 1 atom stereocenters. The fraction of sp³-hybridized carbons (Fsp3) is 0.600. The van der Waals surface area contributed by atoms with E-state index >= 15 is 0 Å². The van der Waals surface area contributed by atoms with Crippen molar-refractivity contribution in [1.29, 1.82) is 0 Å². The Morgan fingerprint density at radius 3 is 2.67 bits per heavy atom. The summed E-state index contributed by atoms with van der Waals surface area (Å²) in [6, 6.07) is 9.06. The van der Waals surface area contributed by atoms with Gasteiger partial charge in [0.2, 0.25) is 0 Å². The highest BCUT2D eigenvalue weighted by Gasteiger charge is 2.16. The van der Waals surface area contributed by atoms with Crippen LogP contribution in [0.15, 0.2) is 24.3 Å². The lowest BCUT2D eigenvalue weighted by molar-refractivity contribution is 0.237. The topological polar surface area (TPSA) is 24.5 Å². The Morgan fingerprint density at radius 2 is 2.06 bits per heavy atom. The number of piperazine rings is 1. The zero-order valence-corrected chi connectivity index (χ0v) is 11.6. The highest BCUT2D eigenvalue weighted by molar-refractivity contribution is 5.28. The minimum Gasteiger partial charge on any atom is -0.491 e. The van der Waals surface area contributed by atoms with Gasteiger partial charge in [-0.2, -0.15) is 0 Å². The standard InChI is InChI=1S/C15H24N2O/c1-12(2)18-15-6-4-13(5-7-15)10-14-11-17(3)9-8-16-14/h4-7,12,14,16H,8-11H2,1-3H3. The molecule has 1 aromatic rings. The van der Waals surface area contributed by atoms with Crippen molar-refractivity contribution in [1.82, 2.24) is 10.2 Å². The van der Waals surface area contributed by atoms with Crippen molar-refractivity contribution in [2.24, 2.45) is 0 Å². The first-order valence-corrected chi connectivity index (χ1v) is 6.81. The lowest BCUT2D eigenvalue weighted by atomic mass is 10.0. The second-order valence-corrected chi connectivity index (χ2v) is 5.43. The lowest BCUT2D eigenvalue weighted by Crippen LogP contribution is -2.49. The summed E-state index contributed by atoms with van der Waals surface area (Å²) < 4.78 is 5.65. The third-order valence-electron chi connectivity index (χ3n) is 3.24. The Balaban J connectivity index is 1.89. The molecule has 1 N–H and O–H groups in total. The quantitative estimate of drug-likeness (QED) is 0.881. The third kappa shape index (κ3) is 4.00. The van der Waals surface area contributed by atoms with E-state index < -0.39 is 0 Å². The number of likely N-dealkylation sites (N-methyl/N-ethyl adjacent to an activating group) is 1. The zero-order valence-electron chi connectivity index (χ0n) is 11.6. The van der Waals surface area contributed by atoms with E-state index in [1.54, 1.807) is 0 Å². The van der Waals surface area contributed by atoms with Crippen LogP contribution in [0.1, 0.15) is 19.4 Å². The Kier molecular flexibility index (Phi) is 4.61.